The van der Waals surface area contributed by atoms with Gasteiger partial charge in [-0.15, -0.1) is 0 Å². The standard InChI is InChI=1S/C20H16F4N4O2/c1-29-19-26-10-9-15(28-19)17(18(25)12-5-7-13(21)8-6-12)14-3-2-4-16(27-14)30-11-20(22,23)24/h2-10,25,27H,11H2,1H3/p+1/b17-14-,25-18?. The number of rotatable bonds is 6. The number of quaternary nitrogens is 1. The summed E-state index contributed by atoms with van der Waals surface area (Å²) in [6.45, 7) is -1.44. The van der Waals surface area contributed by atoms with Crippen LogP contribution in [0.4, 0.5) is 17.6 Å². The SMILES string of the molecule is COc1nccc(/C(C(=N)c2ccc(F)cc2)=C2\C=CC=C(OCC(F)(F)F)[NH2+]2)n1. The predicted molar refractivity (Wildman–Crippen MR) is 99.9 cm³/mol. The van der Waals surface area contributed by atoms with Gasteiger partial charge in [0.2, 0.25) is 0 Å². The summed E-state index contributed by atoms with van der Waals surface area (Å²) >= 11 is 0. The summed E-state index contributed by atoms with van der Waals surface area (Å²) in [6, 6.07) is 6.89. The minimum Gasteiger partial charge on any atom is -0.467 e. The van der Waals surface area contributed by atoms with Crippen molar-refractivity contribution in [2.45, 2.75) is 6.18 Å². The van der Waals surface area contributed by atoms with E-state index in [-0.39, 0.29) is 17.6 Å². The molecule has 3 N–H and O–H groups in total. The first kappa shape index (κ1) is 21.2. The van der Waals surface area contributed by atoms with Crippen molar-refractivity contribution in [1.82, 2.24) is 9.97 Å². The average Bonchev–Trinajstić information content (AvgIpc) is 2.73. The topological polar surface area (TPSA) is 84.7 Å². The third-order valence-corrected chi connectivity index (χ3v) is 3.98. The van der Waals surface area contributed by atoms with E-state index in [0.717, 1.165) is 0 Å². The second kappa shape index (κ2) is 8.87. The van der Waals surface area contributed by atoms with Crippen molar-refractivity contribution in [3.05, 3.63) is 83.4 Å². The van der Waals surface area contributed by atoms with E-state index < -0.39 is 18.6 Å². The Balaban J connectivity index is 2.03. The zero-order chi connectivity index (χ0) is 21.7. The van der Waals surface area contributed by atoms with Gasteiger partial charge in [-0.25, -0.2) is 14.7 Å². The Morgan fingerprint density at radius 3 is 2.57 bits per heavy atom. The van der Waals surface area contributed by atoms with E-state index in [1.54, 1.807) is 12.1 Å². The smallest absolute Gasteiger partial charge is 0.422 e. The van der Waals surface area contributed by atoms with Crippen LogP contribution in [-0.2, 0) is 4.74 Å². The van der Waals surface area contributed by atoms with E-state index in [2.05, 4.69) is 9.97 Å². The Bertz CT molecular complexity index is 1030. The van der Waals surface area contributed by atoms with Gasteiger partial charge in [0.05, 0.1) is 24.1 Å². The van der Waals surface area contributed by atoms with E-state index in [4.69, 9.17) is 14.9 Å². The number of allylic oxidation sites excluding steroid dienone is 4. The quantitative estimate of drug-likeness (QED) is 0.555. The van der Waals surface area contributed by atoms with Crippen LogP contribution in [0.3, 0.4) is 0 Å². The number of nitrogens with two attached hydrogens (primary N) is 1. The van der Waals surface area contributed by atoms with Crippen LogP contribution in [0.1, 0.15) is 11.3 Å². The number of ether oxygens (including phenoxy) is 2. The number of methoxy groups -OCH3 is 1. The van der Waals surface area contributed by atoms with Gasteiger partial charge in [-0.2, -0.15) is 18.2 Å². The first-order valence-electron chi connectivity index (χ1n) is 8.66. The Morgan fingerprint density at radius 2 is 1.90 bits per heavy atom. The van der Waals surface area contributed by atoms with E-state index in [0.29, 0.717) is 22.5 Å². The first-order chi connectivity index (χ1) is 14.3. The monoisotopic (exact) mass is 421 g/mol. The highest BCUT2D eigenvalue weighted by Gasteiger charge is 2.30. The molecule has 0 aliphatic carbocycles. The van der Waals surface area contributed by atoms with Crippen LogP contribution in [0, 0.1) is 11.2 Å². The lowest BCUT2D eigenvalue weighted by molar-refractivity contribution is -0.582. The summed E-state index contributed by atoms with van der Waals surface area (Å²) < 4.78 is 60.7. The number of hydrogen-bond donors (Lipinski definition) is 2. The van der Waals surface area contributed by atoms with E-state index >= 15 is 0 Å². The summed E-state index contributed by atoms with van der Waals surface area (Å²) in [6.07, 6.45) is 1.46. The lowest BCUT2D eigenvalue weighted by Gasteiger charge is -2.16. The molecule has 30 heavy (non-hydrogen) atoms. The van der Waals surface area contributed by atoms with Crippen molar-refractivity contribution >= 4 is 11.3 Å². The van der Waals surface area contributed by atoms with Crippen molar-refractivity contribution < 1.29 is 32.4 Å². The highest BCUT2D eigenvalue weighted by Crippen LogP contribution is 2.23. The molecule has 0 radical (unpaired) electrons. The van der Waals surface area contributed by atoms with Gasteiger partial charge >= 0.3 is 12.2 Å². The van der Waals surface area contributed by atoms with Gasteiger partial charge in [-0.1, -0.05) is 0 Å². The Kier molecular flexibility index (Phi) is 6.26. The van der Waals surface area contributed by atoms with Gasteiger partial charge < -0.3 is 9.47 Å². The fraction of sp³-hybridized carbons (Fsp3) is 0.150. The van der Waals surface area contributed by atoms with Crippen molar-refractivity contribution in [2.75, 3.05) is 13.7 Å². The first-order valence-corrected chi connectivity index (χ1v) is 8.66. The van der Waals surface area contributed by atoms with Crippen molar-refractivity contribution in [2.24, 2.45) is 0 Å². The van der Waals surface area contributed by atoms with Gasteiger partial charge in [0.25, 0.3) is 5.88 Å². The molecule has 0 saturated carbocycles. The van der Waals surface area contributed by atoms with Crippen molar-refractivity contribution in [3.8, 4) is 6.01 Å². The van der Waals surface area contributed by atoms with Gasteiger partial charge in [0.15, 0.2) is 6.61 Å². The molecule has 0 saturated heterocycles. The third-order valence-electron chi connectivity index (χ3n) is 3.98. The number of nitrogens with one attached hydrogen (secondary N) is 1. The molecule has 3 rings (SSSR count). The minimum absolute atomic E-state index is 0.0104. The molecule has 156 valence electrons. The number of alkyl halides is 3. The predicted octanol–water partition coefficient (Wildman–Crippen LogP) is 2.96. The zero-order valence-corrected chi connectivity index (χ0v) is 15.7. The Hall–Kier alpha value is -3.53. The highest BCUT2D eigenvalue weighted by molar-refractivity contribution is 6.30. The van der Waals surface area contributed by atoms with Crippen LogP contribution in [0.25, 0.3) is 5.57 Å². The number of nitrogens with zero attached hydrogens (tertiary/aromatic N) is 2. The molecule has 0 fully saturated rings. The Morgan fingerprint density at radius 1 is 1.17 bits per heavy atom. The number of benzene rings is 1. The maximum atomic E-state index is 13.3. The van der Waals surface area contributed by atoms with Gasteiger partial charge in [0.1, 0.15) is 11.5 Å². The Labute approximate surface area is 169 Å². The summed E-state index contributed by atoms with van der Waals surface area (Å²) in [7, 11) is 1.38. The van der Waals surface area contributed by atoms with Crippen LogP contribution in [0.5, 0.6) is 6.01 Å². The third kappa shape index (κ3) is 5.29. The summed E-state index contributed by atoms with van der Waals surface area (Å²) in [5.41, 5.74) is 1.38. The van der Waals surface area contributed by atoms with Crippen molar-refractivity contribution in [1.29, 1.82) is 5.41 Å². The molecule has 2 aromatic rings. The highest BCUT2D eigenvalue weighted by atomic mass is 19.4. The number of hydrogen-bond acceptors (Lipinski definition) is 5. The summed E-state index contributed by atoms with van der Waals surface area (Å²) in [5, 5.41) is 10.0. The van der Waals surface area contributed by atoms with Gasteiger partial charge in [-0.3, -0.25) is 5.41 Å². The van der Waals surface area contributed by atoms with E-state index in [1.807, 2.05) is 0 Å². The van der Waals surface area contributed by atoms with Crippen molar-refractivity contribution in [3.63, 3.8) is 0 Å². The molecule has 0 bridgehead atoms. The summed E-state index contributed by atoms with van der Waals surface area (Å²) in [4.78, 5) is 8.18. The molecule has 0 amide bonds. The molecule has 1 aromatic heterocycles. The molecule has 0 atom stereocenters. The number of aromatic nitrogens is 2. The fourth-order valence-corrected chi connectivity index (χ4v) is 2.67. The normalized spacial score (nSPS) is 15.4. The second-order valence-corrected chi connectivity index (χ2v) is 6.12. The molecular formula is C20H17F4N4O2+. The molecule has 1 aromatic carbocycles. The van der Waals surface area contributed by atoms with Crippen LogP contribution < -0.4 is 10.1 Å². The molecule has 0 unspecified atom stereocenters. The van der Waals surface area contributed by atoms with E-state index in [9.17, 15) is 17.6 Å². The maximum absolute atomic E-state index is 13.3. The minimum atomic E-state index is -4.48. The van der Waals surface area contributed by atoms with Gasteiger partial charge in [0, 0.05) is 23.9 Å². The second-order valence-electron chi connectivity index (χ2n) is 6.12. The largest absolute Gasteiger partial charge is 0.467 e. The molecule has 1 aliphatic heterocycles. The lowest BCUT2D eigenvalue weighted by atomic mass is 9.96. The van der Waals surface area contributed by atoms with E-state index in [1.165, 1.54) is 55.0 Å². The van der Waals surface area contributed by atoms with Crippen LogP contribution in [0.15, 0.2) is 66.3 Å². The molecule has 0 spiro atoms. The van der Waals surface area contributed by atoms with Crippen LogP contribution in [0.2, 0.25) is 0 Å². The lowest BCUT2D eigenvalue weighted by Crippen LogP contribution is -2.81. The van der Waals surface area contributed by atoms with Gasteiger partial charge in [-0.05, 0) is 36.4 Å². The average molecular weight is 421 g/mol. The number of halogens is 4. The van der Waals surface area contributed by atoms with Crippen LogP contribution in [-0.4, -0.2) is 35.6 Å². The molecular weight excluding hydrogens is 404 g/mol. The molecule has 10 heteroatoms. The maximum Gasteiger partial charge on any atom is 0.422 e. The molecule has 6 nitrogen and oxygen atoms in total. The molecule has 1 aliphatic rings. The van der Waals surface area contributed by atoms with Crippen LogP contribution >= 0.6 is 0 Å². The molecule has 2 heterocycles. The summed E-state index contributed by atoms with van der Waals surface area (Å²) in [5.74, 6) is -0.477. The fourth-order valence-electron chi connectivity index (χ4n) is 2.67. The zero-order valence-electron chi connectivity index (χ0n) is 15.7.